The number of nitrogens with zero attached hydrogens (tertiary/aromatic N) is 2. The summed E-state index contributed by atoms with van der Waals surface area (Å²) in [5.41, 5.74) is 1.95. The van der Waals surface area contributed by atoms with Crippen molar-refractivity contribution in [3.05, 3.63) is 62.6 Å². The maximum absolute atomic E-state index is 12.9. The molecule has 2 aromatic carbocycles. The average Bonchev–Trinajstić information content (AvgIpc) is 3.07. The number of imidazole rings is 1. The number of nitrogens with one attached hydrogen (secondary N) is 3. The maximum atomic E-state index is 12.9. The molecule has 3 N–H and O–H groups in total. The van der Waals surface area contributed by atoms with Gasteiger partial charge in [-0.2, -0.15) is 0 Å². The summed E-state index contributed by atoms with van der Waals surface area (Å²) in [5.74, 6) is -0.470. The third-order valence-corrected chi connectivity index (χ3v) is 4.56. The van der Waals surface area contributed by atoms with Gasteiger partial charge in [-0.05, 0) is 24.3 Å². The Morgan fingerprint density at radius 2 is 1.86 bits per heavy atom. The number of fused-ring (bicyclic) bond motifs is 1. The number of nitro benzene ring substituents is 1. The molecule has 1 aliphatic rings. The van der Waals surface area contributed by atoms with Gasteiger partial charge in [0.2, 0.25) is 0 Å². The number of non-ortho nitro benzene ring substituents is 1. The lowest BCUT2D eigenvalue weighted by Gasteiger charge is -2.30. The van der Waals surface area contributed by atoms with E-state index in [4.69, 9.17) is 4.74 Å². The van der Waals surface area contributed by atoms with E-state index in [1.54, 1.807) is 24.3 Å². The molecule has 10 nitrogen and oxygen atoms in total. The minimum Gasteiger partial charge on any atom is -0.378 e. The Bertz CT molecular complexity index is 1110. The number of ether oxygens (including phenoxy) is 1. The van der Waals surface area contributed by atoms with Crippen LogP contribution in [0.3, 0.4) is 0 Å². The fraction of sp³-hybridized carbons (Fsp3) is 0.222. The molecule has 3 aromatic rings. The Balaban J connectivity index is 1.68. The van der Waals surface area contributed by atoms with Gasteiger partial charge in [0, 0.05) is 30.9 Å². The van der Waals surface area contributed by atoms with Crippen LogP contribution < -0.4 is 15.9 Å². The summed E-state index contributed by atoms with van der Waals surface area (Å²) in [6.45, 7) is 2.23. The number of amides is 1. The number of carbonyl (C=O) groups excluding carboxylic acids is 1. The van der Waals surface area contributed by atoms with Crippen LogP contribution in [-0.4, -0.2) is 47.1 Å². The van der Waals surface area contributed by atoms with Crippen molar-refractivity contribution in [3.8, 4) is 0 Å². The Hall–Kier alpha value is -3.66. The molecule has 1 aliphatic heterocycles. The molecule has 1 amide bonds. The Morgan fingerprint density at radius 1 is 1.11 bits per heavy atom. The number of aromatic amines is 2. The van der Waals surface area contributed by atoms with E-state index < -0.39 is 10.8 Å². The van der Waals surface area contributed by atoms with E-state index in [1.807, 2.05) is 4.90 Å². The molecular formula is C18H17N5O5. The van der Waals surface area contributed by atoms with Gasteiger partial charge in [0.05, 0.1) is 40.4 Å². The fourth-order valence-electron chi connectivity index (χ4n) is 3.21. The van der Waals surface area contributed by atoms with Crippen LogP contribution in [0.1, 0.15) is 10.4 Å². The van der Waals surface area contributed by atoms with Gasteiger partial charge in [-0.15, -0.1) is 0 Å². The number of carbonyl (C=O) groups is 1. The summed E-state index contributed by atoms with van der Waals surface area (Å²) in [4.78, 5) is 42.2. The Labute approximate surface area is 158 Å². The summed E-state index contributed by atoms with van der Waals surface area (Å²) in [7, 11) is 0. The highest BCUT2D eigenvalue weighted by atomic mass is 16.6. The van der Waals surface area contributed by atoms with Crippen molar-refractivity contribution >= 4 is 34.0 Å². The summed E-state index contributed by atoms with van der Waals surface area (Å²) in [6, 6.07) is 9.19. The second-order valence-electron chi connectivity index (χ2n) is 6.35. The van der Waals surface area contributed by atoms with E-state index in [9.17, 15) is 19.7 Å². The van der Waals surface area contributed by atoms with Gasteiger partial charge in [0.25, 0.3) is 11.6 Å². The molecular weight excluding hydrogens is 366 g/mol. The number of anilines is 2. The van der Waals surface area contributed by atoms with Gasteiger partial charge in [-0.25, -0.2) is 4.79 Å². The van der Waals surface area contributed by atoms with Gasteiger partial charge in [-0.1, -0.05) is 0 Å². The number of hydrogen-bond donors (Lipinski definition) is 3. The quantitative estimate of drug-likeness (QED) is 0.465. The molecule has 28 heavy (non-hydrogen) atoms. The first kappa shape index (κ1) is 17.7. The molecule has 0 spiro atoms. The monoisotopic (exact) mass is 383 g/mol. The summed E-state index contributed by atoms with van der Waals surface area (Å²) in [6.07, 6.45) is 0. The number of aromatic nitrogens is 2. The van der Waals surface area contributed by atoms with Crippen LogP contribution in [0.5, 0.6) is 0 Å². The van der Waals surface area contributed by atoms with Crippen molar-refractivity contribution in [1.82, 2.24) is 9.97 Å². The first-order valence-electron chi connectivity index (χ1n) is 8.66. The number of H-pyrrole nitrogens is 2. The Morgan fingerprint density at radius 3 is 2.61 bits per heavy atom. The largest absolute Gasteiger partial charge is 0.378 e. The lowest BCUT2D eigenvalue weighted by atomic mass is 10.1. The summed E-state index contributed by atoms with van der Waals surface area (Å²) < 4.78 is 5.34. The van der Waals surface area contributed by atoms with Crippen LogP contribution in [0.2, 0.25) is 0 Å². The molecule has 144 valence electrons. The third-order valence-electron chi connectivity index (χ3n) is 4.56. The van der Waals surface area contributed by atoms with Crippen molar-refractivity contribution in [2.24, 2.45) is 0 Å². The maximum Gasteiger partial charge on any atom is 0.323 e. The predicted molar refractivity (Wildman–Crippen MR) is 103 cm³/mol. The standard InChI is InChI=1S/C18H17N5O5/c24-17(19-11-1-3-14-15(9-11)21-18(25)20-14)13-10-12(23(26)27)2-4-16(13)22-5-7-28-8-6-22/h1-4,9-10H,5-8H2,(H,19,24)(H2,20,21,25). The molecule has 0 bridgehead atoms. The van der Waals surface area contributed by atoms with Crippen LogP contribution in [-0.2, 0) is 4.74 Å². The first-order chi connectivity index (χ1) is 13.5. The number of hydrogen-bond acceptors (Lipinski definition) is 6. The lowest BCUT2D eigenvalue weighted by Crippen LogP contribution is -2.37. The summed E-state index contributed by atoms with van der Waals surface area (Å²) in [5, 5.41) is 13.9. The first-order valence-corrected chi connectivity index (χ1v) is 8.66. The smallest absolute Gasteiger partial charge is 0.323 e. The van der Waals surface area contributed by atoms with Crippen molar-refractivity contribution in [2.45, 2.75) is 0 Å². The van der Waals surface area contributed by atoms with E-state index in [-0.39, 0.29) is 16.9 Å². The van der Waals surface area contributed by atoms with Crippen molar-refractivity contribution in [2.75, 3.05) is 36.5 Å². The number of benzene rings is 2. The zero-order valence-electron chi connectivity index (χ0n) is 14.7. The molecule has 2 heterocycles. The van der Waals surface area contributed by atoms with Crippen molar-refractivity contribution < 1.29 is 14.5 Å². The molecule has 0 radical (unpaired) electrons. The zero-order valence-corrected chi connectivity index (χ0v) is 14.7. The van der Waals surface area contributed by atoms with E-state index >= 15 is 0 Å². The minimum atomic E-state index is -0.531. The van der Waals surface area contributed by atoms with Crippen LogP contribution in [0.4, 0.5) is 17.1 Å². The fourth-order valence-corrected chi connectivity index (χ4v) is 3.21. The van der Waals surface area contributed by atoms with Crippen molar-refractivity contribution in [1.29, 1.82) is 0 Å². The number of morpholine rings is 1. The second-order valence-corrected chi connectivity index (χ2v) is 6.35. The van der Waals surface area contributed by atoms with E-state index in [0.717, 1.165) is 0 Å². The predicted octanol–water partition coefficient (Wildman–Crippen LogP) is 1.85. The highest BCUT2D eigenvalue weighted by Gasteiger charge is 2.22. The lowest BCUT2D eigenvalue weighted by molar-refractivity contribution is -0.384. The molecule has 4 rings (SSSR count). The normalized spacial score (nSPS) is 14.2. The van der Waals surface area contributed by atoms with Crippen LogP contribution >= 0.6 is 0 Å². The van der Waals surface area contributed by atoms with Gasteiger partial charge in [0.1, 0.15) is 0 Å². The SMILES string of the molecule is O=C(Nc1ccc2[nH]c(=O)[nH]c2c1)c1cc([N+](=O)[O-])ccc1N1CCOCC1. The van der Waals surface area contributed by atoms with Gasteiger partial charge < -0.3 is 24.9 Å². The van der Waals surface area contributed by atoms with Gasteiger partial charge in [0.15, 0.2) is 0 Å². The summed E-state index contributed by atoms with van der Waals surface area (Å²) >= 11 is 0. The molecule has 10 heteroatoms. The van der Waals surface area contributed by atoms with Crippen LogP contribution in [0.15, 0.2) is 41.2 Å². The van der Waals surface area contributed by atoms with E-state index in [2.05, 4.69) is 15.3 Å². The molecule has 0 aliphatic carbocycles. The molecule has 0 atom stereocenters. The number of nitro groups is 1. The van der Waals surface area contributed by atoms with Crippen molar-refractivity contribution in [3.63, 3.8) is 0 Å². The second kappa shape index (κ2) is 7.16. The average molecular weight is 383 g/mol. The molecule has 0 saturated carbocycles. The molecule has 1 saturated heterocycles. The highest BCUT2D eigenvalue weighted by Crippen LogP contribution is 2.27. The topological polar surface area (TPSA) is 133 Å². The third kappa shape index (κ3) is 3.45. The molecule has 0 unspecified atom stereocenters. The van der Waals surface area contributed by atoms with Crippen LogP contribution in [0.25, 0.3) is 11.0 Å². The van der Waals surface area contributed by atoms with Gasteiger partial charge >= 0.3 is 5.69 Å². The highest BCUT2D eigenvalue weighted by molar-refractivity contribution is 6.09. The molecule has 1 aromatic heterocycles. The molecule has 1 fully saturated rings. The Kier molecular flexibility index (Phi) is 4.53. The zero-order chi connectivity index (χ0) is 19.7. The van der Waals surface area contributed by atoms with E-state index in [0.29, 0.717) is 48.7 Å². The van der Waals surface area contributed by atoms with E-state index in [1.165, 1.54) is 12.1 Å². The van der Waals surface area contributed by atoms with Crippen LogP contribution in [0, 0.1) is 10.1 Å². The van der Waals surface area contributed by atoms with Gasteiger partial charge in [-0.3, -0.25) is 14.9 Å². The number of rotatable bonds is 4. The minimum absolute atomic E-state index is 0.160.